The first kappa shape index (κ1) is 34.5. The molecule has 0 fully saturated rings. The number of fused-ring (bicyclic) bond motifs is 5. The fraction of sp³-hybridized carbons (Fsp3) is 0.244. The summed E-state index contributed by atoms with van der Waals surface area (Å²) in [7, 11) is 0. The second-order valence-electron chi connectivity index (χ2n) is 13.2. The van der Waals surface area contributed by atoms with E-state index in [2.05, 4.69) is 59.1 Å². The Labute approximate surface area is 295 Å². The number of nitrogens with zero attached hydrogens (tertiary/aromatic N) is 3. The lowest BCUT2D eigenvalue weighted by Crippen LogP contribution is -2.08. The lowest BCUT2D eigenvalue weighted by atomic mass is 9.89. The van der Waals surface area contributed by atoms with E-state index in [1.54, 1.807) is 6.92 Å². The van der Waals surface area contributed by atoms with Gasteiger partial charge in [0.2, 0.25) is 0 Å². The molecule has 0 radical (unpaired) electrons. The highest BCUT2D eigenvalue weighted by molar-refractivity contribution is 7.16. The molecule has 0 atom stereocenters. The molecule has 0 bridgehead atoms. The van der Waals surface area contributed by atoms with E-state index >= 15 is 0 Å². The van der Waals surface area contributed by atoms with Gasteiger partial charge in [-0.05, 0) is 86.9 Å². The molecule has 0 amide bonds. The zero-order valence-electron chi connectivity index (χ0n) is 29.5. The third-order valence-corrected chi connectivity index (χ3v) is 9.79. The maximum Gasteiger partial charge on any atom is 0.331 e. The van der Waals surface area contributed by atoms with Gasteiger partial charge in [0.25, 0.3) is 0 Å². The quantitative estimate of drug-likeness (QED) is 0.0653. The van der Waals surface area contributed by atoms with Crippen LogP contribution >= 0.6 is 11.3 Å². The number of carbonyl (C=O) groups excluding carboxylic acids is 3. The molecular formula is C41H39N3O5S. The van der Waals surface area contributed by atoms with E-state index in [9.17, 15) is 14.4 Å². The first-order valence-corrected chi connectivity index (χ1v) is 17.4. The molecule has 6 rings (SSSR count). The summed E-state index contributed by atoms with van der Waals surface area (Å²) in [6.45, 7) is 14.7. The van der Waals surface area contributed by atoms with Gasteiger partial charge in [-0.1, -0.05) is 72.2 Å². The predicted molar refractivity (Wildman–Crippen MR) is 202 cm³/mol. The van der Waals surface area contributed by atoms with Crippen molar-refractivity contribution in [1.82, 2.24) is 4.57 Å². The van der Waals surface area contributed by atoms with Gasteiger partial charge in [-0.2, -0.15) is 0 Å². The van der Waals surface area contributed by atoms with E-state index in [0.717, 1.165) is 64.7 Å². The summed E-state index contributed by atoms with van der Waals surface area (Å²) in [6, 6.07) is 24.3. The van der Waals surface area contributed by atoms with Crippen LogP contribution in [0.1, 0.15) is 84.1 Å². The zero-order valence-corrected chi connectivity index (χ0v) is 30.3. The minimum Gasteiger partial charge on any atom is -0.318 e. The fourth-order valence-electron chi connectivity index (χ4n) is 6.68. The van der Waals surface area contributed by atoms with Crippen molar-refractivity contribution < 1.29 is 24.1 Å². The lowest BCUT2D eigenvalue weighted by molar-refractivity contribution is -0.141. The SMILES string of the molecule is CC(=O)O/N=C(\CC(C)C)c1ccc2c(c1)c1cc(C(=O)c3c(C)cc(C)cc3C)c3ccccc3c1n2-c1ccc(/C(C)=N/OC(C)=O)s1. The lowest BCUT2D eigenvalue weighted by Gasteiger charge is -2.14. The van der Waals surface area contributed by atoms with Crippen molar-refractivity contribution in [3.8, 4) is 5.00 Å². The van der Waals surface area contributed by atoms with Gasteiger partial charge in [0.1, 0.15) is 5.00 Å². The van der Waals surface area contributed by atoms with Gasteiger partial charge in [-0.25, -0.2) is 9.59 Å². The molecule has 0 spiro atoms. The summed E-state index contributed by atoms with van der Waals surface area (Å²) >= 11 is 1.52. The molecule has 0 saturated carbocycles. The second kappa shape index (κ2) is 13.8. The number of carbonyl (C=O) groups is 3. The summed E-state index contributed by atoms with van der Waals surface area (Å²) < 4.78 is 2.21. The molecule has 6 aromatic rings. The van der Waals surface area contributed by atoms with Crippen LogP contribution in [0.25, 0.3) is 37.6 Å². The predicted octanol–water partition coefficient (Wildman–Crippen LogP) is 9.76. The van der Waals surface area contributed by atoms with Crippen molar-refractivity contribution in [1.29, 1.82) is 0 Å². The van der Waals surface area contributed by atoms with E-state index in [1.165, 1.54) is 25.2 Å². The summed E-state index contributed by atoms with van der Waals surface area (Å²) in [5.74, 6) is -0.734. The van der Waals surface area contributed by atoms with Crippen molar-refractivity contribution in [2.45, 2.75) is 61.8 Å². The van der Waals surface area contributed by atoms with Crippen LogP contribution in [0.4, 0.5) is 0 Å². The molecule has 0 saturated heterocycles. The van der Waals surface area contributed by atoms with E-state index in [4.69, 9.17) is 9.68 Å². The number of thiophene rings is 1. The summed E-state index contributed by atoms with van der Waals surface area (Å²) in [5, 5.41) is 12.8. The van der Waals surface area contributed by atoms with Gasteiger partial charge in [0.15, 0.2) is 5.78 Å². The van der Waals surface area contributed by atoms with Crippen LogP contribution in [0.5, 0.6) is 0 Å². The molecule has 0 aliphatic rings. The van der Waals surface area contributed by atoms with Crippen LogP contribution in [-0.2, 0) is 19.3 Å². The van der Waals surface area contributed by atoms with Crippen molar-refractivity contribution >= 4 is 73.1 Å². The maximum atomic E-state index is 14.6. The number of aromatic nitrogens is 1. The minimum atomic E-state index is -0.485. The number of rotatable bonds is 9. The first-order valence-electron chi connectivity index (χ1n) is 16.5. The molecule has 0 unspecified atom stereocenters. The average molecular weight is 686 g/mol. The molecule has 50 heavy (non-hydrogen) atoms. The Morgan fingerprint density at radius 3 is 2.08 bits per heavy atom. The molecule has 2 heterocycles. The highest BCUT2D eigenvalue weighted by Crippen LogP contribution is 2.41. The monoisotopic (exact) mass is 685 g/mol. The Balaban J connectivity index is 1.69. The fourth-order valence-corrected chi connectivity index (χ4v) is 7.64. The van der Waals surface area contributed by atoms with Crippen LogP contribution in [0, 0.1) is 26.7 Å². The topological polar surface area (TPSA) is 99.3 Å². The van der Waals surface area contributed by atoms with Gasteiger partial charge >= 0.3 is 11.9 Å². The van der Waals surface area contributed by atoms with Crippen molar-refractivity contribution in [3.63, 3.8) is 0 Å². The zero-order chi connectivity index (χ0) is 35.9. The molecule has 0 aliphatic heterocycles. The van der Waals surface area contributed by atoms with Gasteiger partial charge in [-0.15, -0.1) is 11.3 Å². The molecular weight excluding hydrogens is 647 g/mol. The van der Waals surface area contributed by atoms with Crippen molar-refractivity contribution in [3.05, 3.63) is 111 Å². The third-order valence-electron chi connectivity index (χ3n) is 8.62. The average Bonchev–Trinajstić information content (AvgIpc) is 3.67. The van der Waals surface area contributed by atoms with Gasteiger partial charge < -0.3 is 9.68 Å². The Kier molecular flexibility index (Phi) is 9.54. The summed E-state index contributed by atoms with van der Waals surface area (Å²) in [6.07, 6.45) is 0.602. The Morgan fingerprint density at radius 2 is 1.42 bits per heavy atom. The number of hydrogen-bond donors (Lipinski definition) is 0. The van der Waals surface area contributed by atoms with E-state index in [1.807, 2.05) is 63.2 Å². The molecule has 0 aliphatic carbocycles. The van der Waals surface area contributed by atoms with Gasteiger partial charge in [0.05, 0.1) is 27.3 Å². The van der Waals surface area contributed by atoms with Gasteiger partial charge in [-0.3, -0.25) is 9.36 Å². The van der Waals surface area contributed by atoms with Crippen LogP contribution < -0.4 is 0 Å². The first-order chi connectivity index (χ1) is 23.8. The standard InChI is InChI=1S/C41H39N3O5S/c1-22(2)17-35(43-49-28(8)46)29-13-14-36-32(20-29)33-21-34(41(47)39-24(4)18-23(3)19-25(39)5)30-11-9-10-12-31(30)40(33)44(36)38-16-15-37(50-38)26(6)42-48-27(7)45/h9-16,18-22H,17H2,1-8H3/b42-26+,43-35+. The third kappa shape index (κ3) is 6.61. The number of oxime groups is 2. The largest absolute Gasteiger partial charge is 0.331 e. The highest BCUT2D eigenvalue weighted by Gasteiger charge is 2.24. The maximum absolute atomic E-state index is 14.6. The summed E-state index contributed by atoms with van der Waals surface area (Å²) in [4.78, 5) is 48.7. The highest BCUT2D eigenvalue weighted by atomic mass is 32.1. The second-order valence-corrected chi connectivity index (χ2v) is 14.2. The smallest absolute Gasteiger partial charge is 0.318 e. The molecule has 254 valence electrons. The van der Waals surface area contributed by atoms with E-state index in [-0.39, 0.29) is 11.7 Å². The Bertz CT molecular complexity index is 2390. The number of benzene rings is 4. The Morgan fingerprint density at radius 1 is 0.760 bits per heavy atom. The number of hydrogen-bond acceptors (Lipinski definition) is 8. The van der Waals surface area contributed by atoms with E-state index < -0.39 is 11.9 Å². The molecule has 2 aromatic heterocycles. The van der Waals surface area contributed by atoms with E-state index in [0.29, 0.717) is 29.0 Å². The minimum absolute atomic E-state index is 0.0252. The molecule has 8 nitrogen and oxygen atoms in total. The number of ketones is 1. The normalized spacial score (nSPS) is 12.3. The number of aryl methyl sites for hydroxylation is 3. The molecule has 4 aromatic carbocycles. The van der Waals surface area contributed by atoms with Crippen LogP contribution in [0.3, 0.4) is 0 Å². The Hall–Kier alpha value is -5.41. The molecule has 9 heteroatoms. The summed E-state index contributed by atoms with van der Waals surface area (Å²) in [5.41, 5.74) is 8.29. The van der Waals surface area contributed by atoms with Crippen molar-refractivity contribution in [2.24, 2.45) is 16.2 Å². The van der Waals surface area contributed by atoms with Gasteiger partial charge in [0, 0.05) is 46.7 Å². The van der Waals surface area contributed by atoms with Crippen LogP contribution in [-0.4, -0.2) is 33.7 Å². The molecule has 0 N–H and O–H groups in total. The van der Waals surface area contributed by atoms with Crippen LogP contribution in [0.15, 0.2) is 83.1 Å². The van der Waals surface area contributed by atoms with Crippen LogP contribution in [0.2, 0.25) is 0 Å². The van der Waals surface area contributed by atoms with Crippen molar-refractivity contribution in [2.75, 3.05) is 0 Å².